The minimum Gasteiger partial charge on any atom is -0.325 e. The van der Waals surface area contributed by atoms with Crippen molar-refractivity contribution in [2.24, 2.45) is 0 Å². The molecule has 0 spiro atoms. The normalized spacial score (nSPS) is 10.4. The Hall–Kier alpha value is -1.91. The molecule has 0 fully saturated rings. The maximum absolute atomic E-state index is 13.0. The summed E-state index contributed by atoms with van der Waals surface area (Å²) < 4.78 is 13.0. The number of hydrogen-bond donors (Lipinski definition) is 2. The van der Waals surface area contributed by atoms with Gasteiger partial charge in [0.15, 0.2) is 0 Å². The van der Waals surface area contributed by atoms with Crippen LogP contribution in [0.1, 0.15) is 5.56 Å². The Morgan fingerprint density at radius 2 is 1.95 bits per heavy atom. The Morgan fingerprint density at radius 3 is 2.71 bits per heavy atom. The lowest BCUT2D eigenvalue weighted by Crippen LogP contribution is -2.29. The number of benzene rings is 2. The second-order valence-corrected chi connectivity index (χ2v) is 5.05. The van der Waals surface area contributed by atoms with E-state index in [-0.39, 0.29) is 18.3 Å². The van der Waals surface area contributed by atoms with Crippen molar-refractivity contribution in [3.8, 4) is 0 Å². The van der Waals surface area contributed by atoms with Gasteiger partial charge in [-0.15, -0.1) is 0 Å². The molecule has 2 aromatic rings. The molecular formula is C16H16ClFN2O. The maximum atomic E-state index is 13.0. The van der Waals surface area contributed by atoms with Gasteiger partial charge in [-0.2, -0.15) is 0 Å². The standard InChI is InChI=1S/C16H16ClFN2O/c17-13-4-2-6-15(10-13)20-16(21)11-19-8-7-12-3-1-5-14(18)9-12/h1-6,9-10,19H,7-8,11H2,(H,20,21). The molecule has 2 N–H and O–H groups in total. The number of halogens is 2. The summed E-state index contributed by atoms with van der Waals surface area (Å²) >= 11 is 5.84. The first-order chi connectivity index (χ1) is 10.1. The molecule has 0 aromatic heterocycles. The van der Waals surface area contributed by atoms with Crippen LogP contribution in [0, 0.1) is 5.82 Å². The lowest BCUT2D eigenvalue weighted by molar-refractivity contribution is -0.115. The first-order valence-electron chi connectivity index (χ1n) is 6.64. The average molecular weight is 307 g/mol. The van der Waals surface area contributed by atoms with Crippen LogP contribution in [0.5, 0.6) is 0 Å². The number of anilines is 1. The highest BCUT2D eigenvalue weighted by Gasteiger charge is 2.02. The molecule has 3 nitrogen and oxygen atoms in total. The summed E-state index contributed by atoms with van der Waals surface area (Å²) in [6.07, 6.45) is 0.669. The van der Waals surface area contributed by atoms with Crippen molar-refractivity contribution in [2.75, 3.05) is 18.4 Å². The molecule has 2 aromatic carbocycles. The molecule has 0 aliphatic rings. The summed E-state index contributed by atoms with van der Waals surface area (Å²) in [6, 6.07) is 13.4. The first kappa shape index (κ1) is 15.5. The largest absolute Gasteiger partial charge is 0.325 e. The molecule has 0 saturated carbocycles. The van der Waals surface area contributed by atoms with Gasteiger partial charge in [-0.1, -0.05) is 29.8 Å². The van der Waals surface area contributed by atoms with E-state index in [9.17, 15) is 9.18 Å². The van der Waals surface area contributed by atoms with Gasteiger partial charge in [-0.3, -0.25) is 4.79 Å². The molecule has 0 unspecified atom stereocenters. The fourth-order valence-corrected chi connectivity index (χ4v) is 2.09. The summed E-state index contributed by atoms with van der Waals surface area (Å²) in [7, 11) is 0. The van der Waals surface area contributed by atoms with Gasteiger partial charge in [-0.25, -0.2) is 4.39 Å². The lowest BCUT2D eigenvalue weighted by atomic mass is 10.1. The van der Waals surface area contributed by atoms with Crippen LogP contribution in [-0.4, -0.2) is 19.0 Å². The van der Waals surface area contributed by atoms with Crippen LogP contribution in [0.25, 0.3) is 0 Å². The highest BCUT2D eigenvalue weighted by molar-refractivity contribution is 6.30. The third kappa shape index (κ3) is 5.53. The van der Waals surface area contributed by atoms with Crippen molar-refractivity contribution in [2.45, 2.75) is 6.42 Å². The van der Waals surface area contributed by atoms with Crippen LogP contribution >= 0.6 is 11.6 Å². The van der Waals surface area contributed by atoms with E-state index in [1.165, 1.54) is 12.1 Å². The Bertz CT molecular complexity index is 619. The van der Waals surface area contributed by atoms with Crippen molar-refractivity contribution >= 4 is 23.2 Å². The SMILES string of the molecule is O=C(CNCCc1cccc(F)c1)Nc1cccc(Cl)c1. The van der Waals surface area contributed by atoms with Crippen LogP contribution < -0.4 is 10.6 Å². The van der Waals surface area contributed by atoms with E-state index >= 15 is 0 Å². The van der Waals surface area contributed by atoms with Crippen LogP contribution in [0.4, 0.5) is 10.1 Å². The summed E-state index contributed by atoms with van der Waals surface area (Å²) in [5, 5.41) is 6.34. The minimum atomic E-state index is -0.244. The van der Waals surface area contributed by atoms with Gasteiger partial charge in [0.25, 0.3) is 0 Å². The van der Waals surface area contributed by atoms with Crippen molar-refractivity contribution in [1.29, 1.82) is 0 Å². The Morgan fingerprint density at radius 1 is 1.14 bits per heavy atom. The number of nitrogens with one attached hydrogen (secondary N) is 2. The summed E-state index contributed by atoms with van der Waals surface area (Å²) in [5.41, 5.74) is 1.57. The molecular weight excluding hydrogens is 291 g/mol. The third-order valence-corrected chi connectivity index (χ3v) is 3.11. The zero-order valence-electron chi connectivity index (χ0n) is 11.4. The Labute approximate surface area is 128 Å². The molecule has 1 amide bonds. The van der Waals surface area contributed by atoms with Crippen molar-refractivity contribution in [3.63, 3.8) is 0 Å². The number of carbonyl (C=O) groups is 1. The number of hydrogen-bond acceptors (Lipinski definition) is 2. The van der Waals surface area contributed by atoms with E-state index < -0.39 is 0 Å². The monoisotopic (exact) mass is 306 g/mol. The quantitative estimate of drug-likeness (QED) is 0.804. The van der Waals surface area contributed by atoms with Crippen molar-refractivity contribution in [1.82, 2.24) is 5.32 Å². The number of amides is 1. The molecule has 0 radical (unpaired) electrons. The van der Waals surface area contributed by atoms with Crippen LogP contribution in [0.15, 0.2) is 48.5 Å². The van der Waals surface area contributed by atoms with E-state index in [0.29, 0.717) is 23.7 Å². The zero-order valence-corrected chi connectivity index (χ0v) is 12.2. The average Bonchev–Trinajstić information content (AvgIpc) is 2.44. The fraction of sp³-hybridized carbons (Fsp3) is 0.188. The second-order valence-electron chi connectivity index (χ2n) is 4.62. The van der Waals surface area contributed by atoms with Gasteiger partial charge in [0.05, 0.1) is 6.54 Å². The Kier molecular flexibility index (Phi) is 5.72. The second kappa shape index (κ2) is 7.76. The molecule has 5 heteroatoms. The van der Waals surface area contributed by atoms with Crippen LogP contribution in [0.3, 0.4) is 0 Å². The van der Waals surface area contributed by atoms with Crippen LogP contribution in [-0.2, 0) is 11.2 Å². The highest BCUT2D eigenvalue weighted by Crippen LogP contribution is 2.14. The minimum absolute atomic E-state index is 0.142. The van der Waals surface area contributed by atoms with Crippen LogP contribution in [0.2, 0.25) is 5.02 Å². The van der Waals surface area contributed by atoms with E-state index in [1.807, 2.05) is 6.07 Å². The van der Waals surface area contributed by atoms with Gasteiger partial charge in [-0.05, 0) is 48.9 Å². The van der Waals surface area contributed by atoms with Crippen molar-refractivity contribution in [3.05, 3.63) is 64.9 Å². The topological polar surface area (TPSA) is 41.1 Å². The zero-order chi connectivity index (χ0) is 15.1. The Balaban J connectivity index is 1.70. The first-order valence-corrected chi connectivity index (χ1v) is 7.02. The van der Waals surface area contributed by atoms with E-state index in [4.69, 9.17) is 11.6 Å². The van der Waals surface area contributed by atoms with Gasteiger partial charge < -0.3 is 10.6 Å². The molecule has 0 aliphatic heterocycles. The summed E-state index contributed by atoms with van der Waals surface area (Å²) in [6.45, 7) is 0.800. The summed E-state index contributed by atoms with van der Waals surface area (Å²) in [4.78, 5) is 11.7. The molecule has 21 heavy (non-hydrogen) atoms. The fourth-order valence-electron chi connectivity index (χ4n) is 1.90. The predicted octanol–water partition coefficient (Wildman–Crippen LogP) is 3.25. The molecule has 0 atom stereocenters. The summed E-state index contributed by atoms with van der Waals surface area (Å²) in [5.74, 6) is -0.386. The molecule has 2 rings (SSSR count). The highest BCUT2D eigenvalue weighted by atomic mass is 35.5. The predicted molar refractivity (Wildman–Crippen MR) is 83.1 cm³/mol. The lowest BCUT2D eigenvalue weighted by Gasteiger charge is -2.07. The van der Waals surface area contributed by atoms with E-state index in [2.05, 4.69) is 10.6 Å². The molecule has 0 aliphatic carbocycles. The molecule has 0 saturated heterocycles. The van der Waals surface area contributed by atoms with Gasteiger partial charge in [0.2, 0.25) is 5.91 Å². The number of rotatable bonds is 6. The molecule has 0 heterocycles. The molecule has 0 bridgehead atoms. The van der Waals surface area contributed by atoms with E-state index in [0.717, 1.165) is 5.56 Å². The third-order valence-electron chi connectivity index (χ3n) is 2.87. The molecule has 110 valence electrons. The van der Waals surface area contributed by atoms with Gasteiger partial charge >= 0.3 is 0 Å². The van der Waals surface area contributed by atoms with Gasteiger partial charge in [0, 0.05) is 10.7 Å². The van der Waals surface area contributed by atoms with E-state index in [1.54, 1.807) is 30.3 Å². The van der Waals surface area contributed by atoms with Crippen molar-refractivity contribution < 1.29 is 9.18 Å². The smallest absolute Gasteiger partial charge is 0.238 e. The maximum Gasteiger partial charge on any atom is 0.238 e. The van der Waals surface area contributed by atoms with Gasteiger partial charge in [0.1, 0.15) is 5.82 Å². The number of carbonyl (C=O) groups excluding carboxylic acids is 1.